The first-order chi connectivity index (χ1) is 9.00. The van der Waals surface area contributed by atoms with E-state index in [1.807, 2.05) is 6.92 Å². The number of hydrogen-bond donors (Lipinski definition) is 1. The van der Waals surface area contributed by atoms with E-state index in [0.29, 0.717) is 12.5 Å². The van der Waals surface area contributed by atoms with Gasteiger partial charge in [0.15, 0.2) is 0 Å². The molecular formula is C13H26N2O3S. The largest absolute Gasteiger partial charge is 0.377 e. The van der Waals surface area contributed by atoms with Crippen LogP contribution in [0.25, 0.3) is 0 Å². The van der Waals surface area contributed by atoms with Crippen LogP contribution >= 0.6 is 0 Å². The zero-order chi connectivity index (χ0) is 13.9. The summed E-state index contributed by atoms with van der Waals surface area (Å²) in [6, 6.07) is 0.0121. The number of nitrogens with zero attached hydrogens (tertiary/aromatic N) is 1. The molecule has 2 heterocycles. The molecule has 0 aromatic rings. The molecule has 1 N–H and O–H groups in total. The van der Waals surface area contributed by atoms with Crippen molar-refractivity contribution in [2.75, 3.05) is 32.5 Å². The lowest BCUT2D eigenvalue weighted by Gasteiger charge is -2.28. The molecule has 0 radical (unpaired) electrons. The summed E-state index contributed by atoms with van der Waals surface area (Å²) < 4.78 is 31.7. The fraction of sp³-hybridized carbons (Fsp3) is 1.00. The maximum Gasteiger partial charge on any atom is 0.214 e. The van der Waals surface area contributed by atoms with Crippen molar-refractivity contribution >= 4 is 10.0 Å². The van der Waals surface area contributed by atoms with Crippen molar-refractivity contribution in [3.8, 4) is 0 Å². The highest BCUT2D eigenvalue weighted by Gasteiger charge is 2.34. The summed E-state index contributed by atoms with van der Waals surface area (Å²) in [5.74, 6) is 0.832. The lowest BCUT2D eigenvalue weighted by Crippen LogP contribution is -2.42. The second kappa shape index (κ2) is 6.52. The van der Waals surface area contributed by atoms with Crippen molar-refractivity contribution in [1.82, 2.24) is 9.62 Å². The molecule has 2 saturated heterocycles. The van der Waals surface area contributed by atoms with E-state index in [2.05, 4.69) is 5.32 Å². The lowest BCUT2D eigenvalue weighted by molar-refractivity contribution is 0.102. The SMILES string of the molecule is CC1OCCC1N(C)S(=O)(=O)CCC1CCNCC1. The van der Waals surface area contributed by atoms with Gasteiger partial charge in [-0.2, -0.15) is 4.31 Å². The van der Waals surface area contributed by atoms with Gasteiger partial charge >= 0.3 is 0 Å². The van der Waals surface area contributed by atoms with Crippen LogP contribution in [0.15, 0.2) is 0 Å². The first kappa shape index (κ1) is 15.2. The predicted molar refractivity (Wildman–Crippen MR) is 75.6 cm³/mol. The quantitative estimate of drug-likeness (QED) is 0.814. The maximum absolute atomic E-state index is 12.4. The van der Waals surface area contributed by atoms with Crippen LogP contribution in [0.3, 0.4) is 0 Å². The molecule has 0 aliphatic carbocycles. The Balaban J connectivity index is 1.86. The van der Waals surface area contributed by atoms with E-state index in [4.69, 9.17) is 4.74 Å². The molecular weight excluding hydrogens is 264 g/mol. The molecule has 0 aromatic carbocycles. The van der Waals surface area contributed by atoms with Crippen LogP contribution in [0, 0.1) is 5.92 Å². The van der Waals surface area contributed by atoms with Gasteiger partial charge in [-0.25, -0.2) is 8.42 Å². The molecule has 112 valence electrons. The first-order valence-corrected chi connectivity index (χ1v) is 8.89. The van der Waals surface area contributed by atoms with Crippen molar-refractivity contribution in [1.29, 1.82) is 0 Å². The Hall–Kier alpha value is -0.170. The Morgan fingerprint density at radius 1 is 1.26 bits per heavy atom. The summed E-state index contributed by atoms with van der Waals surface area (Å²) in [4.78, 5) is 0. The van der Waals surface area contributed by atoms with Crippen LogP contribution in [-0.4, -0.2) is 57.4 Å². The van der Waals surface area contributed by atoms with Crippen molar-refractivity contribution in [3.05, 3.63) is 0 Å². The summed E-state index contributed by atoms with van der Waals surface area (Å²) in [5, 5.41) is 3.31. The van der Waals surface area contributed by atoms with Gasteiger partial charge in [0.05, 0.1) is 17.9 Å². The van der Waals surface area contributed by atoms with Crippen LogP contribution in [0.5, 0.6) is 0 Å². The van der Waals surface area contributed by atoms with E-state index in [-0.39, 0.29) is 17.9 Å². The zero-order valence-corrected chi connectivity index (χ0v) is 12.8. The minimum atomic E-state index is -3.14. The van der Waals surface area contributed by atoms with Gasteiger partial charge in [-0.3, -0.25) is 0 Å². The third kappa shape index (κ3) is 3.90. The summed E-state index contributed by atoms with van der Waals surface area (Å²) in [6.07, 6.45) is 3.81. The molecule has 5 nitrogen and oxygen atoms in total. The average Bonchev–Trinajstić information content (AvgIpc) is 2.83. The van der Waals surface area contributed by atoms with Gasteiger partial charge in [0, 0.05) is 13.7 Å². The molecule has 2 aliphatic heterocycles. The Morgan fingerprint density at radius 3 is 2.53 bits per heavy atom. The van der Waals surface area contributed by atoms with Crippen LogP contribution in [0.4, 0.5) is 0 Å². The second-order valence-electron chi connectivity index (χ2n) is 5.75. The Kier molecular flexibility index (Phi) is 5.22. The number of likely N-dealkylation sites (N-methyl/N-ethyl adjacent to an activating group) is 1. The van der Waals surface area contributed by atoms with Gasteiger partial charge in [-0.05, 0) is 51.6 Å². The highest BCUT2D eigenvalue weighted by Crippen LogP contribution is 2.23. The topological polar surface area (TPSA) is 58.6 Å². The molecule has 0 spiro atoms. The number of rotatable bonds is 5. The molecule has 2 aliphatic rings. The number of ether oxygens (including phenoxy) is 1. The monoisotopic (exact) mass is 290 g/mol. The van der Waals surface area contributed by atoms with E-state index in [0.717, 1.165) is 38.8 Å². The number of piperidine rings is 1. The van der Waals surface area contributed by atoms with Crippen LogP contribution in [0.2, 0.25) is 0 Å². The smallest absolute Gasteiger partial charge is 0.214 e. The van der Waals surface area contributed by atoms with E-state index in [1.54, 1.807) is 11.4 Å². The Morgan fingerprint density at radius 2 is 1.95 bits per heavy atom. The maximum atomic E-state index is 12.4. The summed E-state index contributed by atoms with van der Waals surface area (Å²) >= 11 is 0. The number of sulfonamides is 1. The van der Waals surface area contributed by atoms with Gasteiger partial charge < -0.3 is 10.1 Å². The molecule has 2 unspecified atom stereocenters. The minimum absolute atomic E-state index is 0.0121. The number of nitrogens with one attached hydrogen (secondary N) is 1. The molecule has 19 heavy (non-hydrogen) atoms. The highest BCUT2D eigenvalue weighted by atomic mass is 32.2. The molecule has 0 bridgehead atoms. The number of hydrogen-bond acceptors (Lipinski definition) is 4. The van der Waals surface area contributed by atoms with Crippen molar-refractivity contribution < 1.29 is 13.2 Å². The van der Waals surface area contributed by atoms with Crippen molar-refractivity contribution in [3.63, 3.8) is 0 Å². The van der Waals surface area contributed by atoms with Gasteiger partial charge in [-0.1, -0.05) is 0 Å². The average molecular weight is 290 g/mol. The molecule has 2 atom stereocenters. The summed E-state index contributed by atoms with van der Waals surface area (Å²) in [6.45, 7) is 4.67. The fourth-order valence-corrected chi connectivity index (χ4v) is 4.64. The lowest BCUT2D eigenvalue weighted by atomic mass is 9.96. The fourth-order valence-electron chi connectivity index (χ4n) is 3.03. The van der Waals surface area contributed by atoms with Gasteiger partial charge in [0.2, 0.25) is 10.0 Å². The second-order valence-corrected chi connectivity index (χ2v) is 7.89. The summed E-state index contributed by atoms with van der Waals surface area (Å²) in [5.41, 5.74) is 0. The molecule has 2 fully saturated rings. The van der Waals surface area contributed by atoms with Gasteiger partial charge in [0.25, 0.3) is 0 Å². The molecule has 0 amide bonds. The van der Waals surface area contributed by atoms with Crippen LogP contribution < -0.4 is 5.32 Å². The third-order valence-corrected chi connectivity index (χ3v) is 6.38. The van der Waals surface area contributed by atoms with Gasteiger partial charge in [0.1, 0.15) is 0 Å². The van der Waals surface area contributed by atoms with E-state index < -0.39 is 10.0 Å². The predicted octanol–water partition coefficient (Wildman–Crippen LogP) is 0.815. The molecule has 2 rings (SSSR count). The van der Waals surface area contributed by atoms with E-state index >= 15 is 0 Å². The normalized spacial score (nSPS) is 30.1. The molecule has 6 heteroatoms. The van der Waals surface area contributed by atoms with Crippen LogP contribution in [0.1, 0.15) is 32.6 Å². The molecule has 0 aromatic heterocycles. The van der Waals surface area contributed by atoms with Crippen LogP contribution in [-0.2, 0) is 14.8 Å². The van der Waals surface area contributed by atoms with E-state index in [9.17, 15) is 8.42 Å². The standard InChI is InChI=1S/C13H26N2O3S/c1-11-13(5-9-18-11)15(2)19(16,17)10-6-12-3-7-14-8-4-12/h11-14H,3-10H2,1-2H3. The zero-order valence-electron chi connectivity index (χ0n) is 12.0. The van der Waals surface area contributed by atoms with Crippen molar-refractivity contribution in [2.45, 2.75) is 44.8 Å². The third-order valence-electron chi connectivity index (χ3n) is 4.48. The first-order valence-electron chi connectivity index (χ1n) is 7.29. The summed E-state index contributed by atoms with van der Waals surface area (Å²) in [7, 11) is -1.44. The van der Waals surface area contributed by atoms with E-state index in [1.165, 1.54) is 0 Å². The van der Waals surface area contributed by atoms with Crippen molar-refractivity contribution in [2.24, 2.45) is 5.92 Å². The van der Waals surface area contributed by atoms with Gasteiger partial charge in [-0.15, -0.1) is 0 Å². The highest BCUT2D eigenvalue weighted by molar-refractivity contribution is 7.89. The Labute approximate surface area is 116 Å². The Bertz CT molecular complexity index is 379. The minimum Gasteiger partial charge on any atom is -0.377 e. The molecule has 0 saturated carbocycles.